The van der Waals surface area contributed by atoms with E-state index in [2.05, 4.69) is 242 Å². The lowest BCUT2D eigenvalue weighted by Crippen LogP contribution is -2.15. The number of fused-ring (bicyclic) bond motifs is 6. The molecule has 0 N–H and O–H groups in total. The molecule has 0 bridgehead atoms. The van der Waals surface area contributed by atoms with Gasteiger partial charge in [-0.1, -0.05) is 166 Å². The Morgan fingerprint density at radius 1 is 0.339 bits per heavy atom. The van der Waals surface area contributed by atoms with E-state index in [0.717, 1.165) is 17.1 Å². The maximum atomic E-state index is 2.39. The molecular weight excluding hydrogens is 713 g/mol. The first-order chi connectivity index (χ1) is 29.0. The van der Waals surface area contributed by atoms with Crippen molar-refractivity contribution in [3.05, 3.63) is 230 Å². The Hall–Kier alpha value is -7.42. The van der Waals surface area contributed by atoms with Crippen molar-refractivity contribution in [2.45, 2.75) is 19.3 Å². The SMILES string of the molecule is CC1(C)c2ccccc2-c2cc(N(c3ccc(-c4ccccc4)cc3)c3ccc(-c4ccc(-c5ccc6c(c5)c5ccccc5n6-c5ccccc5)cc4)cc3)ccc21. The minimum absolute atomic E-state index is 0.0423. The quantitative estimate of drug-likeness (QED) is 0.157. The lowest BCUT2D eigenvalue weighted by Gasteiger charge is -2.27. The van der Waals surface area contributed by atoms with Crippen molar-refractivity contribution < 1.29 is 0 Å². The van der Waals surface area contributed by atoms with E-state index < -0.39 is 0 Å². The van der Waals surface area contributed by atoms with Crippen molar-refractivity contribution in [3.8, 4) is 50.2 Å². The van der Waals surface area contributed by atoms with Gasteiger partial charge < -0.3 is 9.47 Å². The highest BCUT2D eigenvalue weighted by Crippen LogP contribution is 2.50. The van der Waals surface area contributed by atoms with Gasteiger partial charge in [-0.05, 0) is 122 Å². The van der Waals surface area contributed by atoms with Crippen LogP contribution >= 0.6 is 0 Å². The number of rotatable bonds is 7. The summed E-state index contributed by atoms with van der Waals surface area (Å²) in [7, 11) is 0. The van der Waals surface area contributed by atoms with Gasteiger partial charge >= 0.3 is 0 Å². The summed E-state index contributed by atoms with van der Waals surface area (Å²) in [5.41, 5.74) is 19.6. The third kappa shape index (κ3) is 5.87. The van der Waals surface area contributed by atoms with E-state index in [1.54, 1.807) is 0 Å². The second-order valence-electron chi connectivity index (χ2n) is 16.2. The van der Waals surface area contributed by atoms with Gasteiger partial charge in [0.1, 0.15) is 0 Å². The molecule has 11 rings (SSSR count). The maximum absolute atomic E-state index is 2.39. The molecule has 0 aliphatic heterocycles. The molecule has 59 heavy (non-hydrogen) atoms. The number of hydrogen-bond acceptors (Lipinski definition) is 1. The monoisotopic (exact) mass is 754 g/mol. The molecule has 2 heteroatoms. The van der Waals surface area contributed by atoms with Crippen LogP contribution < -0.4 is 4.90 Å². The van der Waals surface area contributed by atoms with Gasteiger partial charge in [-0.25, -0.2) is 0 Å². The van der Waals surface area contributed by atoms with Crippen LogP contribution in [-0.2, 0) is 5.41 Å². The van der Waals surface area contributed by atoms with Crippen LogP contribution in [0.25, 0.3) is 72.0 Å². The molecule has 0 radical (unpaired) electrons. The third-order valence-electron chi connectivity index (χ3n) is 12.4. The molecule has 1 aliphatic carbocycles. The Bertz CT molecular complexity index is 3140. The Morgan fingerprint density at radius 3 is 1.49 bits per heavy atom. The summed E-state index contributed by atoms with van der Waals surface area (Å²) in [4.78, 5) is 2.39. The summed E-state index contributed by atoms with van der Waals surface area (Å²) in [5, 5.41) is 2.52. The predicted octanol–water partition coefficient (Wildman–Crippen LogP) is 15.6. The van der Waals surface area contributed by atoms with E-state index in [0.29, 0.717) is 0 Å². The highest BCUT2D eigenvalue weighted by molar-refractivity contribution is 6.10. The highest BCUT2D eigenvalue weighted by atomic mass is 15.1. The molecule has 2 nitrogen and oxygen atoms in total. The zero-order valence-electron chi connectivity index (χ0n) is 33.2. The summed E-state index contributed by atoms with van der Waals surface area (Å²) < 4.78 is 2.37. The average molecular weight is 755 g/mol. The standard InChI is InChI=1S/C57H42N2/c1-57(2)53-19-11-9-17-49(53)51-38-48(34-35-54(51)57)58(46-30-25-41(26-31-46)39-13-5-3-6-14-39)47-32-27-42(28-33-47)40-21-23-43(24-22-40)44-29-36-56-52(37-44)50-18-10-12-20-55(50)59(56)45-15-7-4-8-16-45/h3-38H,1-2H3. The molecule has 0 fully saturated rings. The maximum Gasteiger partial charge on any atom is 0.0541 e. The van der Waals surface area contributed by atoms with Crippen LogP contribution in [0.3, 0.4) is 0 Å². The number of para-hydroxylation sites is 2. The van der Waals surface area contributed by atoms with Gasteiger partial charge in [0.15, 0.2) is 0 Å². The number of aromatic nitrogens is 1. The van der Waals surface area contributed by atoms with Crippen LogP contribution in [-0.4, -0.2) is 4.57 Å². The zero-order chi connectivity index (χ0) is 39.5. The summed E-state index contributed by atoms with van der Waals surface area (Å²) in [6, 6.07) is 79.7. The molecule has 10 aromatic rings. The Balaban J connectivity index is 0.935. The lowest BCUT2D eigenvalue weighted by atomic mass is 9.82. The van der Waals surface area contributed by atoms with Gasteiger partial charge in [0.25, 0.3) is 0 Å². The Labute approximate surface area is 345 Å². The molecule has 0 spiro atoms. The number of anilines is 3. The second-order valence-corrected chi connectivity index (χ2v) is 16.2. The van der Waals surface area contributed by atoms with Crippen molar-refractivity contribution >= 4 is 38.9 Å². The first-order valence-corrected chi connectivity index (χ1v) is 20.5. The van der Waals surface area contributed by atoms with E-state index in [-0.39, 0.29) is 5.41 Å². The zero-order valence-corrected chi connectivity index (χ0v) is 33.2. The fraction of sp³-hybridized carbons (Fsp3) is 0.0526. The molecule has 0 amide bonds. The van der Waals surface area contributed by atoms with Crippen LogP contribution in [0.1, 0.15) is 25.0 Å². The molecule has 0 saturated carbocycles. The molecule has 280 valence electrons. The third-order valence-corrected chi connectivity index (χ3v) is 12.4. The van der Waals surface area contributed by atoms with E-state index in [9.17, 15) is 0 Å². The summed E-state index contributed by atoms with van der Waals surface area (Å²) in [5.74, 6) is 0. The second kappa shape index (κ2) is 13.9. The van der Waals surface area contributed by atoms with Crippen LogP contribution in [0.4, 0.5) is 17.1 Å². The molecule has 1 aromatic heterocycles. The molecule has 1 heterocycles. The first kappa shape index (κ1) is 34.8. The van der Waals surface area contributed by atoms with Crippen molar-refractivity contribution in [1.29, 1.82) is 0 Å². The van der Waals surface area contributed by atoms with Crippen LogP contribution in [0.15, 0.2) is 218 Å². The summed E-state index contributed by atoms with van der Waals surface area (Å²) >= 11 is 0. The van der Waals surface area contributed by atoms with Gasteiger partial charge in [-0.3, -0.25) is 0 Å². The smallest absolute Gasteiger partial charge is 0.0541 e. The molecule has 0 unspecified atom stereocenters. The number of hydrogen-bond donors (Lipinski definition) is 0. The van der Waals surface area contributed by atoms with E-state index in [1.807, 2.05) is 0 Å². The topological polar surface area (TPSA) is 8.17 Å². The average Bonchev–Trinajstić information content (AvgIpc) is 3.75. The van der Waals surface area contributed by atoms with Crippen LogP contribution in [0.2, 0.25) is 0 Å². The summed E-state index contributed by atoms with van der Waals surface area (Å²) in [6.07, 6.45) is 0. The fourth-order valence-electron chi connectivity index (χ4n) is 9.39. The Kier molecular flexibility index (Phi) is 8.20. The predicted molar refractivity (Wildman–Crippen MR) is 249 cm³/mol. The van der Waals surface area contributed by atoms with Gasteiger partial charge in [0.05, 0.1) is 11.0 Å². The molecule has 0 atom stereocenters. The van der Waals surface area contributed by atoms with E-state index in [1.165, 1.54) is 83.1 Å². The normalized spacial score (nSPS) is 12.7. The van der Waals surface area contributed by atoms with Gasteiger partial charge in [-0.15, -0.1) is 0 Å². The Morgan fingerprint density at radius 2 is 0.814 bits per heavy atom. The lowest BCUT2D eigenvalue weighted by molar-refractivity contribution is 0.660. The summed E-state index contributed by atoms with van der Waals surface area (Å²) in [6.45, 7) is 4.68. The van der Waals surface area contributed by atoms with Crippen molar-refractivity contribution in [2.24, 2.45) is 0 Å². The van der Waals surface area contributed by atoms with E-state index >= 15 is 0 Å². The molecular formula is C57H42N2. The number of benzene rings is 9. The largest absolute Gasteiger partial charge is 0.310 e. The molecule has 0 saturated heterocycles. The van der Waals surface area contributed by atoms with Crippen molar-refractivity contribution in [3.63, 3.8) is 0 Å². The van der Waals surface area contributed by atoms with Gasteiger partial charge in [0.2, 0.25) is 0 Å². The first-order valence-electron chi connectivity index (χ1n) is 20.5. The van der Waals surface area contributed by atoms with E-state index in [4.69, 9.17) is 0 Å². The fourth-order valence-corrected chi connectivity index (χ4v) is 9.39. The molecule has 9 aromatic carbocycles. The van der Waals surface area contributed by atoms with Crippen LogP contribution in [0, 0.1) is 0 Å². The van der Waals surface area contributed by atoms with Crippen molar-refractivity contribution in [1.82, 2.24) is 4.57 Å². The minimum Gasteiger partial charge on any atom is -0.310 e. The van der Waals surface area contributed by atoms with Gasteiger partial charge in [0, 0.05) is 38.9 Å². The number of nitrogens with zero attached hydrogens (tertiary/aromatic N) is 2. The van der Waals surface area contributed by atoms with Crippen LogP contribution in [0.5, 0.6) is 0 Å². The van der Waals surface area contributed by atoms with Crippen molar-refractivity contribution in [2.75, 3.05) is 4.90 Å². The molecule has 1 aliphatic rings. The highest BCUT2D eigenvalue weighted by Gasteiger charge is 2.35. The minimum atomic E-state index is -0.0423. The van der Waals surface area contributed by atoms with Gasteiger partial charge in [-0.2, -0.15) is 0 Å².